The van der Waals surface area contributed by atoms with E-state index in [-0.39, 0.29) is 5.75 Å². The molecule has 2 aromatic rings. The van der Waals surface area contributed by atoms with Crippen LogP contribution >= 0.6 is 11.6 Å². The average molecular weight is 244 g/mol. The van der Waals surface area contributed by atoms with Crippen LogP contribution in [0.2, 0.25) is 5.02 Å². The Labute approximate surface area is 105 Å². The van der Waals surface area contributed by atoms with Crippen LogP contribution in [0.15, 0.2) is 42.5 Å². The summed E-state index contributed by atoms with van der Waals surface area (Å²) < 4.78 is 0. The van der Waals surface area contributed by atoms with Crippen molar-refractivity contribution >= 4 is 11.6 Å². The van der Waals surface area contributed by atoms with Crippen LogP contribution in [0.5, 0.6) is 5.75 Å². The number of hydrogen-bond acceptors (Lipinski definition) is 2. The Bertz CT molecular complexity index is 570. The first-order valence-electron chi connectivity index (χ1n) is 5.16. The molecule has 0 aliphatic rings. The van der Waals surface area contributed by atoms with Gasteiger partial charge in [0.25, 0.3) is 0 Å². The van der Waals surface area contributed by atoms with Crippen molar-refractivity contribution in [3.05, 3.63) is 64.2 Å². The van der Waals surface area contributed by atoms with E-state index in [0.29, 0.717) is 17.0 Å². The van der Waals surface area contributed by atoms with Crippen LogP contribution in [0, 0.1) is 11.3 Å². The van der Waals surface area contributed by atoms with E-state index in [4.69, 9.17) is 16.9 Å². The lowest BCUT2D eigenvalue weighted by Gasteiger charge is -2.05. The van der Waals surface area contributed by atoms with Gasteiger partial charge >= 0.3 is 0 Å². The number of rotatable bonds is 2. The van der Waals surface area contributed by atoms with Gasteiger partial charge in [-0.2, -0.15) is 5.26 Å². The highest BCUT2D eigenvalue weighted by molar-refractivity contribution is 6.31. The topological polar surface area (TPSA) is 44.0 Å². The third-order valence-electron chi connectivity index (χ3n) is 2.54. The highest BCUT2D eigenvalue weighted by Gasteiger charge is 2.06. The standard InChI is InChI=1S/C14H10ClNO/c15-14-3-1-2-11(13(14)9-16)8-10-4-6-12(17)7-5-10/h1-7,17H,8H2. The van der Waals surface area contributed by atoms with E-state index < -0.39 is 0 Å². The molecule has 0 radical (unpaired) electrons. The Morgan fingerprint density at radius 2 is 1.82 bits per heavy atom. The summed E-state index contributed by atoms with van der Waals surface area (Å²) in [5.41, 5.74) is 2.44. The van der Waals surface area contributed by atoms with Crippen molar-refractivity contribution in [2.24, 2.45) is 0 Å². The molecule has 2 nitrogen and oxygen atoms in total. The van der Waals surface area contributed by atoms with E-state index in [2.05, 4.69) is 6.07 Å². The molecule has 0 spiro atoms. The van der Waals surface area contributed by atoms with Crippen molar-refractivity contribution in [3.8, 4) is 11.8 Å². The molecule has 2 rings (SSSR count). The number of benzene rings is 2. The first-order chi connectivity index (χ1) is 8.20. The second-order valence-corrected chi connectivity index (χ2v) is 4.14. The minimum absolute atomic E-state index is 0.236. The van der Waals surface area contributed by atoms with E-state index in [1.807, 2.05) is 24.3 Å². The highest BCUT2D eigenvalue weighted by Crippen LogP contribution is 2.22. The van der Waals surface area contributed by atoms with Crippen molar-refractivity contribution in [2.75, 3.05) is 0 Å². The molecule has 0 aromatic heterocycles. The maximum absolute atomic E-state index is 9.19. The third-order valence-corrected chi connectivity index (χ3v) is 2.86. The summed E-state index contributed by atoms with van der Waals surface area (Å²) >= 11 is 5.96. The minimum Gasteiger partial charge on any atom is -0.508 e. The molecule has 0 fully saturated rings. The van der Waals surface area contributed by atoms with Gasteiger partial charge in [0.1, 0.15) is 11.8 Å². The first-order valence-corrected chi connectivity index (χ1v) is 5.54. The summed E-state index contributed by atoms with van der Waals surface area (Å²) in [4.78, 5) is 0. The number of nitrogens with zero attached hydrogens (tertiary/aromatic N) is 1. The second kappa shape index (κ2) is 4.90. The summed E-state index contributed by atoms with van der Waals surface area (Å²) in [6.07, 6.45) is 0.629. The molecule has 3 heteroatoms. The molecule has 0 saturated carbocycles. The summed E-state index contributed by atoms with van der Waals surface area (Å²) in [6.45, 7) is 0. The minimum atomic E-state index is 0.236. The maximum atomic E-state index is 9.19. The molecule has 0 atom stereocenters. The average Bonchev–Trinajstić information content (AvgIpc) is 2.32. The van der Waals surface area contributed by atoms with Crippen LogP contribution < -0.4 is 0 Å². The largest absolute Gasteiger partial charge is 0.508 e. The highest BCUT2D eigenvalue weighted by atomic mass is 35.5. The number of phenols is 1. The van der Waals surface area contributed by atoms with E-state index in [0.717, 1.165) is 11.1 Å². The van der Waals surface area contributed by atoms with Crippen LogP contribution in [0.25, 0.3) is 0 Å². The van der Waals surface area contributed by atoms with Crippen LogP contribution in [-0.2, 0) is 6.42 Å². The van der Waals surface area contributed by atoms with Crippen LogP contribution in [0.1, 0.15) is 16.7 Å². The zero-order valence-electron chi connectivity index (χ0n) is 9.02. The lowest BCUT2D eigenvalue weighted by atomic mass is 10.0. The van der Waals surface area contributed by atoms with Crippen molar-refractivity contribution in [2.45, 2.75) is 6.42 Å². The quantitative estimate of drug-likeness (QED) is 0.877. The molecule has 0 aliphatic heterocycles. The first kappa shape index (κ1) is 11.5. The molecule has 0 unspecified atom stereocenters. The zero-order chi connectivity index (χ0) is 12.3. The Morgan fingerprint density at radius 1 is 1.12 bits per heavy atom. The fraction of sp³-hybridized carbons (Fsp3) is 0.0714. The van der Waals surface area contributed by atoms with Crippen molar-refractivity contribution in [3.63, 3.8) is 0 Å². The van der Waals surface area contributed by atoms with Gasteiger partial charge in [-0.25, -0.2) is 0 Å². The molecule has 0 bridgehead atoms. The summed E-state index contributed by atoms with van der Waals surface area (Å²) in [5, 5.41) is 18.7. The van der Waals surface area contributed by atoms with Gasteiger partial charge in [-0.3, -0.25) is 0 Å². The smallest absolute Gasteiger partial charge is 0.115 e. The molecular weight excluding hydrogens is 234 g/mol. The van der Waals surface area contributed by atoms with Crippen LogP contribution in [0.4, 0.5) is 0 Å². The lowest BCUT2D eigenvalue weighted by molar-refractivity contribution is 0.475. The zero-order valence-corrected chi connectivity index (χ0v) is 9.78. The number of halogens is 1. The number of phenolic OH excluding ortho intramolecular Hbond substituents is 1. The third kappa shape index (κ3) is 2.58. The van der Waals surface area contributed by atoms with Gasteiger partial charge < -0.3 is 5.11 Å². The summed E-state index contributed by atoms with van der Waals surface area (Å²) in [6, 6.07) is 14.5. The van der Waals surface area contributed by atoms with E-state index in [9.17, 15) is 5.11 Å². The Kier molecular flexibility index (Phi) is 3.32. The Hall–Kier alpha value is -1.98. The van der Waals surface area contributed by atoms with Crippen molar-refractivity contribution in [1.29, 1.82) is 5.26 Å². The number of aromatic hydroxyl groups is 1. The van der Waals surface area contributed by atoms with Gasteiger partial charge in [-0.15, -0.1) is 0 Å². The normalized spacial score (nSPS) is 9.88. The predicted octanol–water partition coefficient (Wildman–Crippen LogP) is 3.51. The molecule has 2 aromatic carbocycles. The number of nitriles is 1. The van der Waals surface area contributed by atoms with Gasteiger partial charge in [0.2, 0.25) is 0 Å². The predicted molar refractivity (Wildman–Crippen MR) is 67.1 cm³/mol. The SMILES string of the molecule is N#Cc1c(Cl)cccc1Cc1ccc(O)cc1. The molecule has 84 valence electrons. The molecule has 1 N–H and O–H groups in total. The monoisotopic (exact) mass is 243 g/mol. The molecule has 0 aliphatic carbocycles. The lowest BCUT2D eigenvalue weighted by Crippen LogP contribution is -1.92. The van der Waals surface area contributed by atoms with Gasteiger partial charge in [0, 0.05) is 0 Å². The second-order valence-electron chi connectivity index (χ2n) is 3.73. The maximum Gasteiger partial charge on any atom is 0.115 e. The summed E-state index contributed by atoms with van der Waals surface area (Å²) in [5.74, 6) is 0.236. The Balaban J connectivity index is 2.34. The van der Waals surface area contributed by atoms with Gasteiger partial charge in [-0.05, 0) is 35.7 Å². The molecule has 0 saturated heterocycles. The van der Waals surface area contributed by atoms with Gasteiger partial charge in [0.15, 0.2) is 0 Å². The van der Waals surface area contributed by atoms with E-state index in [1.54, 1.807) is 18.2 Å². The Morgan fingerprint density at radius 3 is 2.47 bits per heavy atom. The molecular formula is C14H10ClNO. The molecule has 0 amide bonds. The molecule has 17 heavy (non-hydrogen) atoms. The van der Waals surface area contributed by atoms with Gasteiger partial charge in [0.05, 0.1) is 10.6 Å². The number of hydrogen-bond donors (Lipinski definition) is 1. The summed E-state index contributed by atoms with van der Waals surface area (Å²) in [7, 11) is 0. The van der Waals surface area contributed by atoms with Crippen LogP contribution in [0.3, 0.4) is 0 Å². The van der Waals surface area contributed by atoms with Crippen molar-refractivity contribution < 1.29 is 5.11 Å². The van der Waals surface area contributed by atoms with E-state index in [1.165, 1.54) is 0 Å². The van der Waals surface area contributed by atoms with Crippen LogP contribution in [-0.4, -0.2) is 5.11 Å². The fourth-order valence-electron chi connectivity index (χ4n) is 1.68. The fourth-order valence-corrected chi connectivity index (χ4v) is 1.91. The van der Waals surface area contributed by atoms with Crippen molar-refractivity contribution in [1.82, 2.24) is 0 Å². The van der Waals surface area contributed by atoms with Gasteiger partial charge in [-0.1, -0.05) is 35.9 Å². The molecule has 0 heterocycles. The van der Waals surface area contributed by atoms with E-state index >= 15 is 0 Å².